The number of hydrogen-bond acceptors (Lipinski definition) is 4. The first-order chi connectivity index (χ1) is 10.0. The standard InChI is InChI=1S/C16H20N2O2S/c1-3-18(4-2)13-10-11-15(17)16(12-13)21(19,20)14-8-6-5-7-9-14/h5-12H,3-4,17H2,1-2H3. The number of anilines is 2. The fraction of sp³-hybridized carbons (Fsp3) is 0.250. The van der Waals surface area contributed by atoms with Gasteiger partial charge in [-0.05, 0) is 44.2 Å². The molecule has 21 heavy (non-hydrogen) atoms. The zero-order valence-corrected chi connectivity index (χ0v) is 13.1. The molecular weight excluding hydrogens is 284 g/mol. The number of hydrogen-bond donors (Lipinski definition) is 1. The average molecular weight is 304 g/mol. The number of nitrogens with two attached hydrogens (primary N) is 1. The maximum absolute atomic E-state index is 12.7. The van der Waals surface area contributed by atoms with Crippen LogP contribution < -0.4 is 10.6 Å². The zero-order chi connectivity index (χ0) is 15.5. The summed E-state index contributed by atoms with van der Waals surface area (Å²) in [5.74, 6) is 0. The molecule has 112 valence electrons. The van der Waals surface area contributed by atoms with E-state index >= 15 is 0 Å². The molecule has 0 saturated heterocycles. The number of sulfone groups is 1. The molecule has 0 aliphatic carbocycles. The highest BCUT2D eigenvalue weighted by molar-refractivity contribution is 7.91. The normalized spacial score (nSPS) is 11.3. The second-order valence-corrected chi connectivity index (χ2v) is 6.63. The van der Waals surface area contributed by atoms with E-state index in [0.29, 0.717) is 0 Å². The van der Waals surface area contributed by atoms with Gasteiger partial charge in [0.05, 0.1) is 15.5 Å². The number of nitrogens with zero attached hydrogens (tertiary/aromatic N) is 1. The average Bonchev–Trinajstić information content (AvgIpc) is 2.50. The third-order valence-electron chi connectivity index (χ3n) is 3.47. The van der Waals surface area contributed by atoms with Gasteiger partial charge in [-0.3, -0.25) is 0 Å². The lowest BCUT2D eigenvalue weighted by Crippen LogP contribution is -2.22. The van der Waals surface area contributed by atoms with Gasteiger partial charge in [-0.25, -0.2) is 8.42 Å². The quantitative estimate of drug-likeness (QED) is 0.863. The van der Waals surface area contributed by atoms with E-state index in [4.69, 9.17) is 5.73 Å². The molecule has 0 radical (unpaired) electrons. The third kappa shape index (κ3) is 3.03. The van der Waals surface area contributed by atoms with Crippen molar-refractivity contribution in [2.75, 3.05) is 23.7 Å². The van der Waals surface area contributed by atoms with Crippen LogP contribution in [0.4, 0.5) is 11.4 Å². The first kappa shape index (κ1) is 15.4. The van der Waals surface area contributed by atoms with Crippen LogP contribution >= 0.6 is 0 Å². The predicted molar refractivity (Wildman–Crippen MR) is 86.3 cm³/mol. The molecule has 2 rings (SSSR count). The molecule has 0 spiro atoms. The summed E-state index contributed by atoms with van der Waals surface area (Å²) in [7, 11) is -3.59. The summed E-state index contributed by atoms with van der Waals surface area (Å²) in [6.07, 6.45) is 0. The van der Waals surface area contributed by atoms with Crippen molar-refractivity contribution in [2.45, 2.75) is 23.6 Å². The van der Waals surface area contributed by atoms with Crippen molar-refractivity contribution in [1.29, 1.82) is 0 Å². The van der Waals surface area contributed by atoms with E-state index in [9.17, 15) is 8.42 Å². The largest absolute Gasteiger partial charge is 0.398 e. The zero-order valence-electron chi connectivity index (χ0n) is 12.3. The monoisotopic (exact) mass is 304 g/mol. The van der Waals surface area contributed by atoms with E-state index in [1.807, 2.05) is 19.9 Å². The minimum atomic E-state index is -3.59. The second kappa shape index (κ2) is 6.18. The van der Waals surface area contributed by atoms with E-state index in [1.165, 1.54) is 0 Å². The fourth-order valence-corrected chi connectivity index (χ4v) is 3.69. The number of nitrogen functional groups attached to an aromatic ring is 1. The Morgan fingerprint density at radius 1 is 1.00 bits per heavy atom. The Morgan fingerprint density at radius 3 is 2.19 bits per heavy atom. The van der Waals surface area contributed by atoms with E-state index in [2.05, 4.69) is 4.90 Å². The minimum absolute atomic E-state index is 0.165. The van der Waals surface area contributed by atoms with Gasteiger partial charge in [0.25, 0.3) is 0 Å². The van der Waals surface area contributed by atoms with Crippen LogP contribution in [0.2, 0.25) is 0 Å². The molecule has 2 aromatic rings. The Bertz CT molecular complexity index is 708. The molecule has 4 nitrogen and oxygen atoms in total. The summed E-state index contributed by atoms with van der Waals surface area (Å²) in [5.41, 5.74) is 7.04. The molecule has 0 atom stereocenters. The second-order valence-electron chi connectivity index (χ2n) is 4.71. The van der Waals surface area contributed by atoms with Crippen molar-refractivity contribution in [1.82, 2.24) is 0 Å². The molecule has 0 aliphatic heterocycles. The van der Waals surface area contributed by atoms with Gasteiger partial charge < -0.3 is 10.6 Å². The SMILES string of the molecule is CCN(CC)c1ccc(N)c(S(=O)(=O)c2ccccc2)c1. The highest BCUT2D eigenvalue weighted by atomic mass is 32.2. The van der Waals surface area contributed by atoms with Gasteiger partial charge in [-0.2, -0.15) is 0 Å². The molecule has 0 aromatic heterocycles. The lowest BCUT2D eigenvalue weighted by molar-refractivity contribution is 0.596. The molecule has 0 fully saturated rings. The van der Waals surface area contributed by atoms with Crippen molar-refractivity contribution in [3.63, 3.8) is 0 Å². The Hall–Kier alpha value is -2.01. The lowest BCUT2D eigenvalue weighted by Gasteiger charge is -2.22. The number of rotatable bonds is 5. The highest BCUT2D eigenvalue weighted by Crippen LogP contribution is 2.29. The molecule has 2 aromatic carbocycles. The predicted octanol–water partition coefficient (Wildman–Crippen LogP) is 2.95. The lowest BCUT2D eigenvalue weighted by atomic mass is 10.2. The summed E-state index contributed by atoms with van der Waals surface area (Å²) < 4.78 is 25.4. The van der Waals surface area contributed by atoms with Gasteiger partial charge in [0.1, 0.15) is 0 Å². The third-order valence-corrected chi connectivity index (χ3v) is 5.29. The summed E-state index contributed by atoms with van der Waals surface area (Å²) in [4.78, 5) is 2.51. The van der Waals surface area contributed by atoms with Crippen molar-refractivity contribution in [3.05, 3.63) is 48.5 Å². The van der Waals surface area contributed by atoms with Gasteiger partial charge in [0, 0.05) is 18.8 Å². The van der Waals surface area contributed by atoms with Crippen LogP contribution in [0, 0.1) is 0 Å². The van der Waals surface area contributed by atoms with Crippen LogP contribution in [0.5, 0.6) is 0 Å². The topological polar surface area (TPSA) is 63.4 Å². The van der Waals surface area contributed by atoms with Gasteiger partial charge >= 0.3 is 0 Å². The Balaban J connectivity index is 2.56. The van der Waals surface area contributed by atoms with Crippen LogP contribution in [-0.2, 0) is 9.84 Å². The molecule has 0 unspecified atom stereocenters. The molecular formula is C16H20N2O2S. The highest BCUT2D eigenvalue weighted by Gasteiger charge is 2.21. The van der Waals surface area contributed by atoms with Crippen molar-refractivity contribution >= 4 is 21.2 Å². The van der Waals surface area contributed by atoms with Crippen molar-refractivity contribution < 1.29 is 8.42 Å². The van der Waals surface area contributed by atoms with E-state index < -0.39 is 9.84 Å². The van der Waals surface area contributed by atoms with Crippen LogP contribution in [0.3, 0.4) is 0 Å². The van der Waals surface area contributed by atoms with Crippen LogP contribution in [0.25, 0.3) is 0 Å². The van der Waals surface area contributed by atoms with E-state index in [1.54, 1.807) is 42.5 Å². The Morgan fingerprint density at radius 2 is 1.62 bits per heavy atom. The number of benzene rings is 2. The molecule has 0 saturated carbocycles. The van der Waals surface area contributed by atoms with E-state index in [0.717, 1.165) is 18.8 Å². The van der Waals surface area contributed by atoms with E-state index in [-0.39, 0.29) is 15.5 Å². The molecule has 0 amide bonds. The molecule has 2 N–H and O–H groups in total. The van der Waals surface area contributed by atoms with Crippen molar-refractivity contribution in [3.8, 4) is 0 Å². The van der Waals surface area contributed by atoms with Gasteiger partial charge in [0.15, 0.2) is 0 Å². The minimum Gasteiger partial charge on any atom is -0.398 e. The summed E-state index contributed by atoms with van der Waals surface area (Å²) in [6, 6.07) is 13.5. The van der Waals surface area contributed by atoms with Gasteiger partial charge in [-0.15, -0.1) is 0 Å². The molecule has 0 heterocycles. The van der Waals surface area contributed by atoms with Crippen LogP contribution in [-0.4, -0.2) is 21.5 Å². The van der Waals surface area contributed by atoms with Gasteiger partial charge in [-0.1, -0.05) is 18.2 Å². The fourth-order valence-electron chi connectivity index (χ4n) is 2.27. The van der Waals surface area contributed by atoms with Crippen LogP contribution in [0.1, 0.15) is 13.8 Å². The Labute approximate surface area is 126 Å². The molecule has 5 heteroatoms. The molecule has 0 aliphatic rings. The summed E-state index contributed by atoms with van der Waals surface area (Å²) in [5, 5.41) is 0. The summed E-state index contributed by atoms with van der Waals surface area (Å²) >= 11 is 0. The first-order valence-corrected chi connectivity index (χ1v) is 8.43. The maximum Gasteiger partial charge on any atom is 0.208 e. The maximum atomic E-state index is 12.7. The van der Waals surface area contributed by atoms with Crippen molar-refractivity contribution in [2.24, 2.45) is 0 Å². The first-order valence-electron chi connectivity index (χ1n) is 6.95. The summed E-state index contributed by atoms with van der Waals surface area (Å²) in [6.45, 7) is 5.69. The van der Waals surface area contributed by atoms with Crippen LogP contribution in [0.15, 0.2) is 58.3 Å². The molecule has 0 bridgehead atoms. The Kier molecular flexibility index (Phi) is 4.53. The smallest absolute Gasteiger partial charge is 0.208 e. The van der Waals surface area contributed by atoms with Gasteiger partial charge in [0.2, 0.25) is 9.84 Å².